The van der Waals surface area contributed by atoms with Gasteiger partial charge in [-0.25, -0.2) is 9.98 Å². The summed E-state index contributed by atoms with van der Waals surface area (Å²) in [7, 11) is 1.55. The molecule has 0 spiro atoms. The van der Waals surface area contributed by atoms with Crippen LogP contribution in [0.2, 0.25) is 0 Å². The minimum atomic E-state index is -4.16. The molecular formula is C16H25F3IN5O. The molecule has 1 fully saturated rings. The fourth-order valence-corrected chi connectivity index (χ4v) is 2.66. The largest absolute Gasteiger partial charge is 0.481 e. The summed E-state index contributed by atoms with van der Waals surface area (Å²) in [6.45, 7) is 2.96. The van der Waals surface area contributed by atoms with Gasteiger partial charge in [-0.2, -0.15) is 13.2 Å². The van der Waals surface area contributed by atoms with Crippen LogP contribution in [-0.2, 0) is 6.54 Å². The molecule has 148 valence electrons. The van der Waals surface area contributed by atoms with Crippen LogP contribution in [0.15, 0.2) is 23.3 Å². The van der Waals surface area contributed by atoms with Gasteiger partial charge in [0.2, 0.25) is 5.88 Å². The maximum absolute atomic E-state index is 12.5. The number of hydrogen-bond acceptors (Lipinski definition) is 4. The van der Waals surface area contributed by atoms with E-state index in [2.05, 4.69) is 20.6 Å². The summed E-state index contributed by atoms with van der Waals surface area (Å²) in [5, 5.41) is 6.33. The van der Waals surface area contributed by atoms with Gasteiger partial charge in [0.25, 0.3) is 0 Å². The third-order valence-electron chi connectivity index (χ3n) is 3.79. The number of pyridine rings is 1. The Morgan fingerprint density at radius 3 is 2.77 bits per heavy atom. The van der Waals surface area contributed by atoms with Crippen LogP contribution in [0.1, 0.15) is 18.9 Å². The Kier molecular flexibility index (Phi) is 9.41. The molecule has 1 aromatic rings. The SMILES string of the molecule is CCNC(=NCc1ccc(OC)nc1)NC1CCN(CC(F)(F)F)C1.I. The van der Waals surface area contributed by atoms with Crippen LogP contribution < -0.4 is 15.4 Å². The number of methoxy groups -OCH3 is 1. The lowest BCUT2D eigenvalue weighted by Gasteiger charge is -2.19. The number of alkyl halides is 3. The highest BCUT2D eigenvalue weighted by Gasteiger charge is 2.34. The third kappa shape index (κ3) is 7.94. The molecule has 0 radical (unpaired) electrons. The molecule has 1 unspecified atom stereocenters. The number of aromatic nitrogens is 1. The Balaban J connectivity index is 0.00000338. The highest BCUT2D eigenvalue weighted by molar-refractivity contribution is 14.0. The fourth-order valence-electron chi connectivity index (χ4n) is 2.66. The van der Waals surface area contributed by atoms with Crippen LogP contribution in [0.25, 0.3) is 0 Å². The van der Waals surface area contributed by atoms with Crippen molar-refractivity contribution in [1.29, 1.82) is 0 Å². The van der Waals surface area contributed by atoms with Gasteiger partial charge in [-0.1, -0.05) is 6.07 Å². The first-order valence-electron chi connectivity index (χ1n) is 8.22. The third-order valence-corrected chi connectivity index (χ3v) is 3.79. The summed E-state index contributed by atoms with van der Waals surface area (Å²) in [5.41, 5.74) is 0.920. The van der Waals surface area contributed by atoms with Crippen LogP contribution >= 0.6 is 24.0 Å². The van der Waals surface area contributed by atoms with Gasteiger partial charge in [0.1, 0.15) is 0 Å². The van der Waals surface area contributed by atoms with E-state index in [1.807, 2.05) is 13.0 Å². The molecule has 6 nitrogen and oxygen atoms in total. The van der Waals surface area contributed by atoms with E-state index in [0.29, 0.717) is 44.4 Å². The average molecular weight is 487 g/mol. The molecule has 0 bridgehead atoms. The van der Waals surface area contributed by atoms with Crippen molar-refractivity contribution in [2.24, 2.45) is 4.99 Å². The molecule has 10 heteroatoms. The zero-order valence-corrected chi connectivity index (χ0v) is 17.2. The predicted molar refractivity (Wildman–Crippen MR) is 105 cm³/mol. The van der Waals surface area contributed by atoms with Gasteiger partial charge in [-0.05, 0) is 18.9 Å². The number of nitrogens with one attached hydrogen (secondary N) is 2. The van der Waals surface area contributed by atoms with Gasteiger partial charge < -0.3 is 15.4 Å². The van der Waals surface area contributed by atoms with E-state index in [1.165, 1.54) is 4.90 Å². The normalized spacial score (nSPS) is 18.3. The number of guanidine groups is 1. The van der Waals surface area contributed by atoms with Crippen molar-refractivity contribution in [3.05, 3.63) is 23.9 Å². The van der Waals surface area contributed by atoms with Gasteiger partial charge in [-0.3, -0.25) is 4.90 Å². The molecule has 1 aliphatic heterocycles. The number of nitrogens with zero attached hydrogens (tertiary/aromatic N) is 3. The Morgan fingerprint density at radius 2 is 2.19 bits per heavy atom. The monoisotopic (exact) mass is 487 g/mol. The second kappa shape index (κ2) is 10.8. The zero-order valence-electron chi connectivity index (χ0n) is 14.8. The summed E-state index contributed by atoms with van der Waals surface area (Å²) in [5.74, 6) is 1.13. The summed E-state index contributed by atoms with van der Waals surface area (Å²) in [4.78, 5) is 10.0. The second-order valence-electron chi connectivity index (χ2n) is 5.88. The van der Waals surface area contributed by atoms with Crippen LogP contribution in [0.5, 0.6) is 5.88 Å². The number of ether oxygens (including phenoxy) is 1. The number of halogens is 4. The van der Waals surface area contributed by atoms with Crippen molar-refractivity contribution >= 4 is 29.9 Å². The topological polar surface area (TPSA) is 61.8 Å². The molecule has 0 saturated carbocycles. The first-order chi connectivity index (χ1) is 11.9. The van der Waals surface area contributed by atoms with E-state index in [-0.39, 0.29) is 30.0 Å². The standard InChI is InChI=1S/C16H24F3N5O.HI/c1-3-20-15(22-9-12-4-5-14(25-2)21-8-12)23-13-6-7-24(10-13)11-16(17,18)19;/h4-5,8,13H,3,6-7,9-11H2,1-2H3,(H2,20,22,23);1H. The van der Waals surface area contributed by atoms with Gasteiger partial charge in [0, 0.05) is 37.9 Å². The molecule has 0 aromatic carbocycles. The van der Waals surface area contributed by atoms with Gasteiger partial charge in [0.15, 0.2) is 5.96 Å². The van der Waals surface area contributed by atoms with E-state index < -0.39 is 12.7 Å². The van der Waals surface area contributed by atoms with Crippen molar-refractivity contribution in [2.45, 2.75) is 32.1 Å². The van der Waals surface area contributed by atoms with Crippen LogP contribution in [0.3, 0.4) is 0 Å². The van der Waals surface area contributed by atoms with Crippen molar-refractivity contribution in [2.75, 3.05) is 33.3 Å². The summed E-state index contributed by atoms with van der Waals surface area (Å²) >= 11 is 0. The maximum Gasteiger partial charge on any atom is 0.401 e. The molecule has 1 saturated heterocycles. The second-order valence-corrected chi connectivity index (χ2v) is 5.88. The number of likely N-dealkylation sites (tertiary alicyclic amines) is 1. The maximum atomic E-state index is 12.5. The lowest BCUT2D eigenvalue weighted by atomic mass is 10.2. The molecule has 1 aliphatic rings. The molecule has 2 heterocycles. The highest BCUT2D eigenvalue weighted by atomic mass is 127. The molecule has 0 aliphatic carbocycles. The summed E-state index contributed by atoms with van der Waals surface area (Å²) in [6.07, 6.45) is -1.81. The number of hydrogen-bond donors (Lipinski definition) is 2. The predicted octanol–water partition coefficient (Wildman–Crippen LogP) is 2.40. The van der Waals surface area contributed by atoms with Crippen LogP contribution in [0, 0.1) is 0 Å². The lowest BCUT2D eigenvalue weighted by molar-refractivity contribution is -0.143. The molecule has 1 aromatic heterocycles. The van der Waals surface area contributed by atoms with Crippen LogP contribution in [-0.4, -0.2) is 61.4 Å². The minimum Gasteiger partial charge on any atom is -0.481 e. The molecule has 2 rings (SSSR count). The smallest absolute Gasteiger partial charge is 0.401 e. The lowest BCUT2D eigenvalue weighted by Crippen LogP contribution is -2.45. The summed E-state index contributed by atoms with van der Waals surface area (Å²) in [6, 6.07) is 3.59. The van der Waals surface area contributed by atoms with Crippen LogP contribution in [0.4, 0.5) is 13.2 Å². The van der Waals surface area contributed by atoms with Crippen molar-refractivity contribution < 1.29 is 17.9 Å². The van der Waals surface area contributed by atoms with E-state index in [1.54, 1.807) is 19.4 Å². The Morgan fingerprint density at radius 1 is 1.42 bits per heavy atom. The fraction of sp³-hybridized carbons (Fsp3) is 0.625. The molecule has 26 heavy (non-hydrogen) atoms. The Bertz CT molecular complexity index is 568. The Hall–Kier alpha value is -1.30. The average Bonchev–Trinajstić information content (AvgIpc) is 2.98. The van der Waals surface area contributed by atoms with Crippen molar-refractivity contribution in [3.63, 3.8) is 0 Å². The van der Waals surface area contributed by atoms with E-state index in [4.69, 9.17) is 4.74 Å². The van der Waals surface area contributed by atoms with E-state index >= 15 is 0 Å². The van der Waals surface area contributed by atoms with Crippen molar-refractivity contribution in [3.8, 4) is 5.88 Å². The highest BCUT2D eigenvalue weighted by Crippen LogP contribution is 2.19. The zero-order chi connectivity index (χ0) is 18.3. The molecule has 0 amide bonds. The van der Waals surface area contributed by atoms with Gasteiger partial charge in [0.05, 0.1) is 20.2 Å². The Labute approximate surface area is 168 Å². The van der Waals surface area contributed by atoms with E-state index in [9.17, 15) is 13.2 Å². The quantitative estimate of drug-likeness (QED) is 0.367. The number of aliphatic imine (C=N–C) groups is 1. The van der Waals surface area contributed by atoms with Crippen molar-refractivity contribution in [1.82, 2.24) is 20.5 Å². The molecule has 2 N–H and O–H groups in total. The van der Waals surface area contributed by atoms with E-state index in [0.717, 1.165) is 5.56 Å². The van der Waals surface area contributed by atoms with Gasteiger partial charge in [-0.15, -0.1) is 24.0 Å². The molecular weight excluding hydrogens is 462 g/mol. The first kappa shape index (κ1) is 22.7. The number of rotatable bonds is 6. The summed E-state index contributed by atoms with van der Waals surface area (Å²) < 4.78 is 42.4. The first-order valence-corrected chi connectivity index (χ1v) is 8.22. The van der Waals surface area contributed by atoms with Gasteiger partial charge >= 0.3 is 6.18 Å². The molecule has 1 atom stereocenters. The minimum absolute atomic E-state index is 0.